The van der Waals surface area contributed by atoms with Crippen LogP contribution in [-0.2, 0) is 6.54 Å². The zero-order chi connectivity index (χ0) is 28.6. The molecule has 40 heavy (non-hydrogen) atoms. The van der Waals surface area contributed by atoms with Gasteiger partial charge in [-0.25, -0.2) is 4.39 Å². The van der Waals surface area contributed by atoms with Crippen molar-refractivity contribution in [3.05, 3.63) is 93.5 Å². The van der Waals surface area contributed by atoms with E-state index in [1.807, 2.05) is 43.3 Å². The Balaban J connectivity index is 1.61. The van der Waals surface area contributed by atoms with Crippen LogP contribution < -0.4 is 20.0 Å². The van der Waals surface area contributed by atoms with Gasteiger partial charge in [-0.05, 0) is 56.9 Å². The normalized spacial score (nSPS) is 14.0. The second kappa shape index (κ2) is 11.3. The Morgan fingerprint density at radius 1 is 0.950 bits per heavy atom. The highest BCUT2D eigenvalue weighted by Crippen LogP contribution is 2.40. The summed E-state index contributed by atoms with van der Waals surface area (Å²) in [5.41, 5.74) is 3.84. The number of halogens is 1. The maximum absolute atomic E-state index is 15.8. The van der Waals surface area contributed by atoms with Crippen LogP contribution in [0.2, 0.25) is 0 Å². The standard InChI is InChI=1S/C31H35FN4O4/c1-20-5-9-22(10-6-20)34-13-15-35(16-14-34)28-26(32)17-24-27(30(28)40-4)36(19-25(29(24)37)31(38)39)23-11-7-21(8-12-23)18-33(2)3/h5-12,17,19,31,38-39H,13-16,18H2,1-4H3. The predicted molar refractivity (Wildman–Crippen MR) is 156 cm³/mol. The average Bonchev–Trinajstić information content (AvgIpc) is 2.93. The molecule has 0 atom stereocenters. The zero-order valence-electron chi connectivity index (χ0n) is 23.3. The topological polar surface area (TPSA) is 81.4 Å². The van der Waals surface area contributed by atoms with E-state index >= 15 is 4.39 Å². The molecule has 0 bridgehead atoms. The van der Waals surface area contributed by atoms with Crippen LogP contribution in [0.25, 0.3) is 16.6 Å². The molecule has 4 aromatic rings. The van der Waals surface area contributed by atoms with Gasteiger partial charge in [0, 0.05) is 50.3 Å². The predicted octanol–water partition coefficient (Wildman–Crippen LogP) is 3.82. The summed E-state index contributed by atoms with van der Waals surface area (Å²) in [6.07, 6.45) is -0.615. The lowest BCUT2D eigenvalue weighted by atomic mass is 10.1. The highest BCUT2D eigenvalue weighted by atomic mass is 19.1. The lowest BCUT2D eigenvalue weighted by Crippen LogP contribution is -2.47. The van der Waals surface area contributed by atoms with E-state index in [4.69, 9.17) is 4.74 Å². The number of methoxy groups -OCH3 is 1. The van der Waals surface area contributed by atoms with E-state index < -0.39 is 17.5 Å². The largest absolute Gasteiger partial charge is 0.492 e. The number of aliphatic hydroxyl groups is 2. The number of hydrogen-bond acceptors (Lipinski definition) is 7. The van der Waals surface area contributed by atoms with Gasteiger partial charge in [0.1, 0.15) is 11.2 Å². The number of pyridine rings is 1. The van der Waals surface area contributed by atoms with Crippen molar-refractivity contribution in [1.82, 2.24) is 9.47 Å². The van der Waals surface area contributed by atoms with Gasteiger partial charge in [0.2, 0.25) is 0 Å². The monoisotopic (exact) mass is 546 g/mol. The Kier molecular flexibility index (Phi) is 7.80. The minimum Gasteiger partial charge on any atom is -0.492 e. The Morgan fingerprint density at radius 3 is 2.12 bits per heavy atom. The van der Waals surface area contributed by atoms with Gasteiger partial charge in [0.05, 0.1) is 18.1 Å². The van der Waals surface area contributed by atoms with Crippen LogP contribution in [0, 0.1) is 12.7 Å². The molecule has 0 unspecified atom stereocenters. The first-order chi connectivity index (χ1) is 19.2. The number of nitrogens with zero attached hydrogens (tertiary/aromatic N) is 4. The van der Waals surface area contributed by atoms with Crippen molar-refractivity contribution in [3.63, 3.8) is 0 Å². The molecule has 0 aliphatic carbocycles. The van der Waals surface area contributed by atoms with E-state index in [2.05, 4.69) is 41.0 Å². The van der Waals surface area contributed by atoms with Gasteiger partial charge < -0.3 is 34.2 Å². The molecule has 1 fully saturated rings. The Labute approximate surface area is 233 Å². The Morgan fingerprint density at radius 2 is 1.55 bits per heavy atom. The number of aliphatic hydroxyl groups excluding tert-OH is 1. The van der Waals surface area contributed by atoms with Gasteiger partial charge in [0.25, 0.3) is 0 Å². The molecule has 2 heterocycles. The van der Waals surface area contributed by atoms with Gasteiger partial charge >= 0.3 is 0 Å². The Hall–Kier alpha value is -3.92. The Bertz CT molecular complexity index is 1560. The summed E-state index contributed by atoms with van der Waals surface area (Å²) in [5.74, 6) is -0.366. The number of ether oxygens (including phenoxy) is 1. The molecule has 8 nitrogen and oxygen atoms in total. The third-order valence-electron chi connectivity index (χ3n) is 7.39. The summed E-state index contributed by atoms with van der Waals surface area (Å²) in [7, 11) is 5.43. The number of piperazine rings is 1. The third kappa shape index (κ3) is 5.28. The molecule has 1 aliphatic rings. The fraction of sp³-hybridized carbons (Fsp3) is 0.323. The van der Waals surface area contributed by atoms with Gasteiger partial charge in [-0.1, -0.05) is 29.8 Å². The van der Waals surface area contributed by atoms with E-state index in [1.165, 1.54) is 24.9 Å². The first-order valence-corrected chi connectivity index (χ1v) is 13.3. The molecule has 1 aliphatic heterocycles. The molecular weight excluding hydrogens is 511 g/mol. The molecule has 0 amide bonds. The lowest BCUT2D eigenvalue weighted by molar-refractivity contribution is -0.0434. The first kappa shape index (κ1) is 27.6. The summed E-state index contributed by atoms with van der Waals surface area (Å²) in [6.45, 7) is 5.31. The molecule has 2 N–H and O–H groups in total. The van der Waals surface area contributed by atoms with E-state index in [-0.39, 0.29) is 22.4 Å². The van der Waals surface area contributed by atoms with Crippen molar-refractivity contribution < 1.29 is 19.3 Å². The maximum atomic E-state index is 15.8. The number of aromatic nitrogens is 1. The van der Waals surface area contributed by atoms with Crippen molar-refractivity contribution in [2.75, 3.05) is 57.2 Å². The summed E-state index contributed by atoms with van der Waals surface area (Å²) in [4.78, 5) is 19.5. The van der Waals surface area contributed by atoms with Crippen LogP contribution in [0.4, 0.5) is 15.8 Å². The van der Waals surface area contributed by atoms with E-state index in [0.717, 1.165) is 17.8 Å². The van der Waals surface area contributed by atoms with Crippen molar-refractivity contribution in [3.8, 4) is 11.4 Å². The van der Waals surface area contributed by atoms with Gasteiger partial charge in [-0.15, -0.1) is 0 Å². The van der Waals surface area contributed by atoms with E-state index in [0.29, 0.717) is 37.4 Å². The molecule has 3 aromatic carbocycles. The highest BCUT2D eigenvalue weighted by molar-refractivity contribution is 5.93. The number of benzene rings is 3. The van der Waals surface area contributed by atoms with Gasteiger partial charge in [-0.2, -0.15) is 0 Å². The zero-order valence-corrected chi connectivity index (χ0v) is 23.3. The molecule has 210 valence electrons. The molecule has 9 heteroatoms. The van der Waals surface area contributed by atoms with E-state index in [1.54, 1.807) is 4.57 Å². The highest BCUT2D eigenvalue weighted by Gasteiger charge is 2.28. The number of anilines is 2. The second-order valence-corrected chi connectivity index (χ2v) is 10.5. The fourth-order valence-electron chi connectivity index (χ4n) is 5.38. The van der Waals surface area contributed by atoms with Crippen LogP contribution in [0.1, 0.15) is 23.0 Å². The summed E-state index contributed by atoms with van der Waals surface area (Å²) in [5, 5.41) is 19.9. The summed E-state index contributed by atoms with van der Waals surface area (Å²) in [6, 6.07) is 17.2. The van der Waals surface area contributed by atoms with Crippen molar-refractivity contribution in [2.45, 2.75) is 19.8 Å². The number of hydrogen-bond donors (Lipinski definition) is 2. The lowest BCUT2D eigenvalue weighted by Gasteiger charge is -2.38. The molecule has 0 saturated carbocycles. The van der Waals surface area contributed by atoms with Crippen molar-refractivity contribution in [1.29, 1.82) is 0 Å². The van der Waals surface area contributed by atoms with Crippen molar-refractivity contribution >= 4 is 22.3 Å². The molecule has 5 rings (SSSR count). The van der Waals surface area contributed by atoms with Crippen molar-refractivity contribution in [2.24, 2.45) is 0 Å². The van der Waals surface area contributed by atoms with E-state index in [9.17, 15) is 15.0 Å². The minimum absolute atomic E-state index is 0.0133. The van der Waals surface area contributed by atoms with Gasteiger partial charge in [-0.3, -0.25) is 4.79 Å². The number of fused-ring (bicyclic) bond motifs is 1. The third-order valence-corrected chi connectivity index (χ3v) is 7.39. The molecule has 0 radical (unpaired) electrons. The smallest absolute Gasteiger partial charge is 0.197 e. The van der Waals surface area contributed by atoms with Crippen LogP contribution in [0.3, 0.4) is 0 Å². The SMILES string of the molecule is COc1c(N2CCN(c3ccc(C)cc3)CC2)c(F)cc2c(=O)c(C(O)O)cn(-c3ccc(CN(C)C)cc3)c12. The number of rotatable bonds is 7. The van der Waals surface area contributed by atoms with Gasteiger partial charge in [0.15, 0.2) is 23.3 Å². The van der Waals surface area contributed by atoms with Crippen LogP contribution in [0.5, 0.6) is 5.75 Å². The van der Waals surface area contributed by atoms with Crippen LogP contribution >= 0.6 is 0 Å². The second-order valence-electron chi connectivity index (χ2n) is 10.5. The quantitative estimate of drug-likeness (QED) is 0.341. The molecular formula is C31H35FN4O4. The van der Waals surface area contributed by atoms with Crippen LogP contribution in [-0.4, -0.2) is 67.1 Å². The maximum Gasteiger partial charge on any atom is 0.197 e. The molecule has 0 spiro atoms. The van der Waals surface area contributed by atoms with Crippen LogP contribution in [0.15, 0.2) is 65.6 Å². The number of aryl methyl sites for hydroxylation is 1. The summed E-state index contributed by atoms with van der Waals surface area (Å²) >= 11 is 0. The average molecular weight is 547 g/mol. The molecule has 1 saturated heterocycles. The summed E-state index contributed by atoms with van der Waals surface area (Å²) < 4.78 is 23.3. The molecule has 1 aromatic heterocycles. The first-order valence-electron chi connectivity index (χ1n) is 13.3. The minimum atomic E-state index is -2.01. The fourth-order valence-corrected chi connectivity index (χ4v) is 5.38.